The van der Waals surface area contributed by atoms with E-state index in [9.17, 15) is 9.59 Å². The molecule has 106 valence electrons. The number of nitrogens with zero attached hydrogens (tertiary/aromatic N) is 1. The summed E-state index contributed by atoms with van der Waals surface area (Å²) in [5.41, 5.74) is 1.49. The average molecular weight is 292 g/mol. The highest BCUT2D eigenvalue weighted by molar-refractivity contribution is 7.17. The zero-order chi connectivity index (χ0) is 14.5. The van der Waals surface area contributed by atoms with E-state index in [4.69, 9.17) is 10.00 Å². The van der Waals surface area contributed by atoms with Gasteiger partial charge in [0.05, 0.1) is 18.2 Å². The second-order valence-corrected chi connectivity index (χ2v) is 5.62. The van der Waals surface area contributed by atoms with E-state index in [2.05, 4.69) is 5.32 Å². The van der Waals surface area contributed by atoms with Gasteiger partial charge in [0.15, 0.2) is 0 Å². The summed E-state index contributed by atoms with van der Waals surface area (Å²) >= 11 is 1.43. The van der Waals surface area contributed by atoms with E-state index >= 15 is 0 Å². The summed E-state index contributed by atoms with van der Waals surface area (Å²) in [6.07, 6.45) is 3.70. The van der Waals surface area contributed by atoms with Crippen LogP contribution in [0.25, 0.3) is 0 Å². The fraction of sp³-hybridized carbons (Fsp3) is 0.500. The summed E-state index contributed by atoms with van der Waals surface area (Å²) in [6.45, 7) is 2.06. The van der Waals surface area contributed by atoms with Gasteiger partial charge >= 0.3 is 5.97 Å². The van der Waals surface area contributed by atoms with Gasteiger partial charge in [-0.1, -0.05) is 0 Å². The molecule has 0 atom stereocenters. The number of anilines is 1. The molecule has 20 heavy (non-hydrogen) atoms. The lowest BCUT2D eigenvalue weighted by Gasteiger charge is -2.12. The molecule has 1 aliphatic carbocycles. The SMILES string of the molecule is CCOC(=O)c1c(NC(=O)CC#N)sc2c1CCCC2. The number of fused-ring (bicyclic) bond motifs is 1. The van der Waals surface area contributed by atoms with Gasteiger partial charge in [0.1, 0.15) is 11.4 Å². The molecule has 0 radical (unpaired) electrons. The van der Waals surface area contributed by atoms with Crippen LogP contribution in [0.15, 0.2) is 0 Å². The maximum Gasteiger partial charge on any atom is 0.341 e. The van der Waals surface area contributed by atoms with Crippen LogP contribution in [-0.4, -0.2) is 18.5 Å². The summed E-state index contributed by atoms with van der Waals surface area (Å²) in [6, 6.07) is 1.80. The maximum atomic E-state index is 12.1. The van der Waals surface area contributed by atoms with Crippen LogP contribution in [0.2, 0.25) is 0 Å². The van der Waals surface area contributed by atoms with Gasteiger partial charge in [-0.3, -0.25) is 4.79 Å². The van der Waals surface area contributed by atoms with Crippen molar-refractivity contribution in [2.24, 2.45) is 0 Å². The minimum absolute atomic E-state index is 0.217. The Morgan fingerprint density at radius 1 is 1.40 bits per heavy atom. The largest absolute Gasteiger partial charge is 0.462 e. The first kappa shape index (κ1) is 14.5. The van der Waals surface area contributed by atoms with Gasteiger partial charge in [0, 0.05) is 4.88 Å². The third kappa shape index (κ3) is 2.99. The Morgan fingerprint density at radius 3 is 2.85 bits per heavy atom. The van der Waals surface area contributed by atoms with Crippen LogP contribution in [0.4, 0.5) is 5.00 Å². The van der Waals surface area contributed by atoms with Gasteiger partial charge in [0.25, 0.3) is 0 Å². The number of esters is 1. The zero-order valence-electron chi connectivity index (χ0n) is 11.3. The molecular formula is C14H16N2O3S. The Hall–Kier alpha value is -1.87. The van der Waals surface area contributed by atoms with E-state index in [1.807, 2.05) is 0 Å². The summed E-state index contributed by atoms with van der Waals surface area (Å²) in [5.74, 6) is -0.782. The lowest BCUT2D eigenvalue weighted by Crippen LogP contribution is -2.15. The predicted octanol–water partition coefficient (Wildman–Crippen LogP) is 2.66. The summed E-state index contributed by atoms with van der Waals surface area (Å²) in [4.78, 5) is 24.8. The minimum atomic E-state index is -0.392. The molecule has 6 heteroatoms. The van der Waals surface area contributed by atoms with Crippen molar-refractivity contribution in [3.8, 4) is 6.07 Å². The molecule has 0 saturated heterocycles. The fourth-order valence-electron chi connectivity index (χ4n) is 2.32. The molecule has 1 aliphatic rings. The Kier molecular flexibility index (Phi) is 4.74. The normalized spacial score (nSPS) is 13.2. The van der Waals surface area contributed by atoms with Crippen molar-refractivity contribution < 1.29 is 14.3 Å². The van der Waals surface area contributed by atoms with E-state index in [0.29, 0.717) is 17.2 Å². The minimum Gasteiger partial charge on any atom is -0.462 e. The average Bonchev–Trinajstić information content (AvgIpc) is 2.76. The van der Waals surface area contributed by atoms with E-state index in [1.54, 1.807) is 13.0 Å². The van der Waals surface area contributed by atoms with Crippen molar-refractivity contribution >= 4 is 28.2 Å². The molecule has 2 rings (SSSR count). The molecule has 0 aromatic carbocycles. The number of thiophene rings is 1. The Bertz CT molecular complexity index is 572. The molecular weight excluding hydrogens is 276 g/mol. The molecule has 0 aliphatic heterocycles. The molecule has 1 N–H and O–H groups in total. The van der Waals surface area contributed by atoms with Crippen LogP contribution in [0.5, 0.6) is 0 Å². The third-order valence-electron chi connectivity index (χ3n) is 3.14. The van der Waals surface area contributed by atoms with E-state index in [-0.39, 0.29) is 12.4 Å². The van der Waals surface area contributed by atoms with Crippen LogP contribution in [-0.2, 0) is 22.4 Å². The molecule has 0 unspecified atom stereocenters. The third-order valence-corrected chi connectivity index (χ3v) is 4.35. The van der Waals surface area contributed by atoms with Gasteiger partial charge in [0.2, 0.25) is 5.91 Å². The highest BCUT2D eigenvalue weighted by Gasteiger charge is 2.27. The first-order valence-corrected chi connectivity index (χ1v) is 7.47. The Morgan fingerprint density at radius 2 is 2.15 bits per heavy atom. The monoisotopic (exact) mass is 292 g/mol. The number of aryl methyl sites for hydroxylation is 1. The Labute approximate surface area is 121 Å². The van der Waals surface area contributed by atoms with Crippen molar-refractivity contribution in [1.29, 1.82) is 5.26 Å². The van der Waals surface area contributed by atoms with Crippen molar-refractivity contribution in [2.75, 3.05) is 11.9 Å². The lowest BCUT2D eigenvalue weighted by atomic mass is 9.95. The standard InChI is InChI=1S/C14H16N2O3S/c1-2-19-14(18)12-9-5-3-4-6-10(9)20-13(12)16-11(17)7-8-15/h2-7H2,1H3,(H,16,17). The van der Waals surface area contributed by atoms with Crippen LogP contribution < -0.4 is 5.32 Å². The van der Waals surface area contributed by atoms with Gasteiger partial charge < -0.3 is 10.1 Å². The zero-order valence-corrected chi connectivity index (χ0v) is 12.1. The number of carbonyl (C=O) groups excluding carboxylic acids is 2. The number of nitriles is 1. The number of amides is 1. The van der Waals surface area contributed by atoms with Crippen LogP contribution in [0.1, 0.15) is 47.0 Å². The van der Waals surface area contributed by atoms with Crippen LogP contribution in [0, 0.1) is 11.3 Å². The second-order valence-electron chi connectivity index (χ2n) is 4.52. The van der Waals surface area contributed by atoms with Gasteiger partial charge in [-0.05, 0) is 38.2 Å². The number of hydrogen-bond donors (Lipinski definition) is 1. The molecule has 1 aromatic rings. The highest BCUT2D eigenvalue weighted by Crippen LogP contribution is 2.38. The molecule has 1 heterocycles. The van der Waals surface area contributed by atoms with E-state index < -0.39 is 5.91 Å². The molecule has 0 spiro atoms. The van der Waals surface area contributed by atoms with Crippen molar-refractivity contribution in [1.82, 2.24) is 0 Å². The highest BCUT2D eigenvalue weighted by atomic mass is 32.1. The smallest absolute Gasteiger partial charge is 0.341 e. The summed E-state index contributed by atoms with van der Waals surface area (Å²) in [5, 5.41) is 11.7. The first-order chi connectivity index (χ1) is 9.67. The number of rotatable bonds is 4. The molecule has 0 bridgehead atoms. The number of nitrogens with one attached hydrogen (secondary N) is 1. The van der Waals surface area contributed by atoms with Gasteiger partial charge in [-0.15, -0.1) is 11.3 Å². The molecule has 1 aromatic heterocycles. The van der Waals surface area contributed by atoms with Crippen LogP contribution in [0.3, 0.4) is 0 Å². The number of carbonyl (C=O) groups is 2. The van der Waals surface area contributed by atoms with Gasteiger partial charge in [-0.25, -0.2) is 4.79 Å². The quantitative estimate of drug-likeness (QED) is 0.865. The van der Waals surface area contributed by atoms with E-state index in [0.717, 1.165) is 36.1 Å². The fourth-order valence-corrected chi connectivity index (χ4v) is 3.61. The maximum absolute atomic E-state index is 12.1. The van der Waals surface area contributed by atoms with Crippen molar-refractivity contribution in [3.63, 3.8) is 0 Å². The first-order valence-electron chi connectivity index (χ1n) is 6.65. The predicted molar refractivity (Wildman–Crippen MR) is 75.8 cm³/mol. The number of hydrogen-bond acceptors (Lipinski definition) is 5. The molecule has 5 nitrogen and oxygen atoms in total. The Balaban J connectivity index is 2.34. The van der Waals surface area contributed by atoms with Crippen molar-refractivity contribution in [3.05, 3.63) is 16.0 Å². The lowest BCUT2D eigenvalue weighted by molar-refractivity contribution is -0.115. The number of ether oxygens (including phenoxy) is 1. The summed E-state index contributed by atoms with van der Waals surface area (Å²) in [7, 11) is 0. The molecule has 1 amide bonds. The van der Waals surface area contributed by atoms with Crippen LogP contribution >= 0.6 is 11.3 Å². The topological polar surface area (TPSA) is 79.2 Å². The van der Waals surface area contributed by atoms with Crippen molar-refractivity contribution in [2.45, 2.75) is 39.0 Å². The molecule has 0 fully saturated rings. The van der Waals surface area contributed by atoms with E-state index in [1.165, 1.54) is 11.3 Å². The molecule has 0 saturated carbocycles. The van der Waals surface area contributed by atoms with Gasteiger partial charge in [-0.2, -0.15) is 5.26 Å². The summed E-state index contributed by atoms with van der Waals surface area (Å²) < 4.78 is 5.09. The second kappa shape index (κ2) is 6.53.